The van der Waals surface area contributed by atoms with E-state index in [0.29, 0.717) is 36.5 Å². The zero-order valence-electron chi connectivity index (χ0n) is 11.2. The van der Waals surface area contributed by atoms with E-state index in [9.17, 15) is 4.79 Å². The number of ether oxygens (including phenoxy) is 1. The van der Waals surface area contributed by atoms with Crippen LogP contribution in [0.1, 0.15) is 33.6 Å². The molecule has 0 bridgehead atoms. The van der Waals surface area contributed by atoms with E-state index < -0.39 is 11.7 Å². The summed E-state index contributed by atoms with van der Waals surface area (Å²) < 4.78 is 5.20. The molecule has 0 fully saturated rings. The molecule has 2 heterocycles. The third kappa shape index (κ3) is 2.91. The van der Waals surface area contributed by atoms with Crippen molar-refractivity contribution in [2.75, 3.05) is 6.54 Å². The van der Waals surface area contributed by atoms with Crippen LogP contribution in [0.5, 0.6) is 0 Å². The molecule has 2 aliphatic heterocycles. The van der Waals surface area contributed by atoms with E-state index in [4.69, 9.17) is 14.8 Å². The molecule has 2 aliphatic rings. The van der Waals surface area contributed by atoms with Crippen LogP contribution >= 0.6 is 0 Å². The van der Waals surface area contributed by atoms with Crippen molar-refractivity contribution in [3.8, 4) is 0 Å². The number of hydrogen-bond acceptors (Lipinski definition) is 7. The Labute approximate surface area is 111 Å². The molecule has 0 aromatic heterocycles. The first-order chi connectivity index (χ1) is 8.91. The van der Waals surface area contributed by atoms with Crippen LogP contribution in [0, 0.1) is 5.41 Å². The van der Waals surface area contributed by atoms with Gasteiger partial charge in [0, 0.05) is 13.0 Å². The van der Waals surface area contributed by atoms with Gasteiger partial charge in [0.15, 0.2) is 0 Å². The van der Waals surface area contributed by atoms with Gasteiger partial charge in [-0.2, -0.15) is 0 Å². The van der Waals surface area contributed by atoms with Crippen molar-refractivity contribution in [3.05, 3.63) is 0 Å². The minimum atomic E-state index is -0.732. The second-order valence-corrected chi connectivity index (χ2v) is 5.46. The first-order valence-corrected chi connectivity index (χ1v) is 6.11. The number of hydrogen-bond donors (Lipinski definition) is 1. The van der Waals surface area contributed by atoms with Crippen LogP contribution in [-0.2, 0) is 14.4 Å². The van der Waals surface area contributed by atoms with Gasteiger partial charge in [0.1, 0.15) is 17.1 Å². The van der Waals surface area contributed by atoms with E-state index in [1.54, 1.807) is 20.8 Å². The zero-order chi connectivity index (χ0) is 14.0. The van der Waals surface area contributed by atoms with Gasteiger partial charge < -0.3 is 14.8 Å². The number of aliphatic imine (C=N–C) groups is 1. The number of rotatable bonds is 2. The Morgan fingerprint density at radius 3 is 2.89 bits per heavy atom. The van der Waals surface area contributed by atoms with Gasteiger partial charge in [-0.15, -0.1) is 0 Å². The molecule has 1 unspecified atom stereocenters. The lowest BCUT2D eigenvalue weighted by Gasteiger charge is -2.18. The third-order valence-corrected chi connectivity index (χ3v) is 2.78. The first-order valence-electron chi connectivity index (χ1n) is 6.11. The standard InChI is InChI=1S/C12H17N3O4/c1-12(2,3)11(16)18-9-6-8(15-19-9)10-7(14-17)4-5-13-10/h9,17H,4-6H2,1-3H3/b14-7+. The van der Waals surface area contributed by atoms with Crippen molar-refractivity contribution in [2.24, 2.45) is 20.7 Å². The highest BCUT2D eigenvalue weighted by Crippen LogP contribution is 2.21. The normalized spacial score (nSPS) is 25.0. The number of nitrogens with zero attached hydrogens (tertiary/aromatic N) is 3. The number of carbonyl (C=O) groups is 1. The maximum Gasteiger partial charge on any atom is 0.314 e. The molecule has 19 heavy (non-hydrogen) atoms. The maximum absolute atomic E-state index is 11.7. The quantitative estimate of drug-likeness (QED) is 0.464. The summed E-state index contributed by atoms with van der Waals surface area (Å²) in [5.74, 6) is -0.349. The van der Waals surface area contributed by atoms with Gasteiger partial charge >= 0.3 is 5.97 Å². The molecule has 0 radical (unpaired) electrons. The molecular weight excluding hydrogens is 250 g/mol. The van der Waals surface area contributed by atoms with Crippen LogP contribution in [0.2, 0.25) is 0 Å². The summed E-state index contributed by atoms with van der Waals surface area (Å²) in [7, 11) is 0. The summed E-state index contributed by atoms with van der Waals surface area (Å²) >= 11 is 0. The predicted molar refractivity (Wildman–Crippen MR) is 68.6 cm³/mol. The minimum absolute atomic E-state index is 0.319. The molecule has 1 atom stereocenters. The van der Waals surface area contributed by atoms with E-state index >= 15 is 0 Å². The number of carbonyl (C=O) groups excluding carboxylic acids is 1. The van der Waals surface area contributed by atoms with Gasteiger partial charge in [-0.3, -0.25) is 9.79 Å². The van der Waals surface area contributed by atoms with E-state index in [-0.39, 0.29) is 5.97 Å². The summed E-state index contributed by atoms with van der Waals surface area (Å²) in [5.41, 5.74) is 0.994. The summed E-state index contributed by atoms with van der Waals surface area (Å²) in [5, 5.41) is 15.9. The van der Waals surface area contributed by atoms with E-state index in [2.05, 4.69) is 15.3 Å². The molecule has 0 amide bonds. The molecule has 0 saturated carbocycles. The lowest BCUT2D eigenvalue weighted by Crippen LogP contribution is -2.29. The molecule has 0 saturated heterocycles. The highest BCUT2D eigenvalue weighted by atomic mass is 16.8. The lowest BCUT2D eigenvalue weighted by molar-refractivity contribution is -0.182. The van der Waals surface area contributed by atoms with Crippen LogP contribution in [-0.4, -0.2) is 41.1 Å². The Bertz CT molecular complexity index is 474. The topological polar surface area (TPSA) is 92.8 Å². The van der Waals surface area contributed by atoms with E-state index in [1.165, 1.54) is 0 Å². The van der Waals surface area contributed by atoms with Crippen molar-refractivity contribution in [1.82, 2.24) is 0 Å². The second-order valence-electron chi connectivity index (χ2n) is 5.46. The monoisotopic (exact) mass is 267 g/mol. The van der Waals surface area contributed by atoms with Crippen molar-refractivity contribution in [1.29, 1.82) is 0 Å². The van der Waals surface area contributed by atoms with Crippen LogP contribution in [0.3, 0.4) is 0 Å². The molecule has 0 aromatic carbocycles. The van der Waals surface area contributed by atoms with E-state index in [0.717, 1.165) is 0 Å². The first kappa shape index (κ1) is 13.5. The van der Waals surface area contributed by atoms with Crippen molar-refractivity contribution in [2.45, 2.75) is 39.9 Å². The largest absolute Gasteiger partial charge is 0.422 e. The van der Waals surface area contributed by atoms with Crippen molar-refractivity contribution < 1.29 is 19.6 Å². The summed E-state index contributed by atoms with van der Waals surface area (Å²) in [4.78, 5) is 21.0. The summed E-state index contributed by atoms with van der Waals surface area (Å²) in [6.07, 6.45) is 0.168. The Morgan fingerprint density at radius 1 is 1.53 bits per heavy atom. The minimum Gasteiger partial charge on any atom is -0.422 e. The van der Waals surface area contributed by atoms with Gasteiger partial charge in [0.05, 0.1) is 11.8 Å². The van der Waals surface area contributed by atoms with Crippen LogP contribution < -0.4 is 0 Å². The SMILES string of the molecule is CC(C)(C)C(=O)OC1CC(C2=NCC/C2=N\O)=NO1. The van der Waals surface area contributed by atoms with Gasteiger partial charge in [-0.1, -0.05) is 10.3 Å². The smallest absolute Gasteiger partial charge is 0.314 e. The molecule has 0 spiro atoms. The molecule has 2 rings (SSSR count). The maximum atomic E-state index is 11.7. The highest BCUT2D eigenvalue weighted by Gasteiger charge is 2.34. The fourth-order valence-electron chi connectivity index (χ4n) is 1.69. The molecule has 0 aliphatic carbocycles. The lowest BCUT2D eigenvalue weighted by atomic mass is 9.97. The zero-order valence-corrected chi connectivity index (χ0v) is 11.2. The average Bonchev–Trinajstić information content (AvgIpc) is 2.94. The van der Waals surface area contributed by atoms with Crippen LogP contribution in [0.25, 0.3) is 0 Å². The molecule has 7 nitrogen and oxygen atoms in total. The average molecular weight is 267 g/mol. The number of oxime groups is 2. The highest BCUT2D eigenvalue weighted by molar-refractivity contribution is 6.69. The fourth-order valence-corrected chi connectivity index (χ4v) is 1.69. The van der Waals surface area contributed by atoms with Gasteiger partial charge in [0.25, 0.3) is 6.29 Å². The fraction of sp³-hybridized carbons (Fsp3) is 0.667. The second kappa shape index (κ2) is 4.99. The van der Waals surface area contributed by atoms with Crippen molar-refractivity contribution in [3.63, 3.8) is 0 Å². The third-order valence-electron chi connectivity index (χ3n) is 2.78. The van der Waals surface area contributed by atoms with Gasteiger partial charge in [0.2, 0.25) is 0 Å². The number of esters is 1. The Hall–Kier alpha value is -1.92. The summed E-state index contributed by atoms with van der Waals surface area (Å²) in [6, 6.07) is 0. The molecule has 104 valence electrons. The van der Waals surface area contributed by atoms with E-state index in [1.807, 2.05) is 0 Å². The predicted octanol–water partition coefficient (Wildman–Crippen LogP) is 1.35. The molecule has 1 N–H and O–H groups in total. The van der Waals surface area contributed by atoms with Crippen LogP contribution in [0.15, 0.2) is 15.3 Å². The van der Waals surface area contributed by atoms with Crippen LogP contribution in [0.4, 0.5) is 0 Å². The molecule has 7 heteroatoms. The Morgan fingerprint density at radius 2 is 2.26 bits per heavy atom. The Balaban J connectivity index is 1.95. The molecule has 0 aromatic rings. The van der Waals surface area contributed by atoms with Gasteiger partial charge in [-0.25, -0.2) is 0 Å². The van der Waals surface area contributed by atoms with Gasteiger partial charge in [-0.05, 0) is 20.8 Å². The molecular formula is C12H17N3O4. The Kier molecular flexibility index (Phi) is 3.55. The summed E-state index contributed by atoms with van der Waals surface area (Å²) in [6.45, 7) is 5.87. The van der Waals surface area contributed by atoms with Crippen molar-refractivity contribution >= 4 is 23.1 Å².